The summed E-state index contributed by atoms with van der Waals surface area (Å²) in [6, 6.07) is 6.78. The van der Waals surface area contributed by atoms with E-state index in [4.69, 9.17) is 4.74 Å². The Morgan fingerprint density at radius 1 is 1.40 bits per heavy atom. The minimum atomic E-state index is -0.498. The quantitative estimate of drug-likeness (QED) is 0.640. The first kappa shape index (κ1) is 26.2. The molecule has 1 aromatic heterocycles. The largest absolute Gasteiger partial charge is 0.472 e. The van der Waals surface area contributed by atoms with Gasteiger partial charge in [0.1, 0.15) is 17.5 Å². The summed E-state index contributed by atoms with van der Waals surface area (Å²) in [5, 5.41) is 9.79. The molecule has 0 radical (unpaired) electrons. The Bertz CT molecular complexity index is 1130. The first-order valence-corrected chi connectivity index (χ1v) is 11.8. The highest BCUT2D eigenvalue weighted by atomic mass is 19.1. The summed E-state index contributed by atoms with van der Waals surface area (Å²) in [5.41, 5.74) is 1.12. The maximum Gasteiger partial charge on any atom is 0.259 e. The molecule has 0 fully saturated rings. The van der Waals surface area contributed by atoms with Gasteiger partial charge in [0.15, 0.2) is 0 Å². The zero-order valence-corrected chi connectivity index (χ0v) is 20.6. The van der Waals surface area contributed by atoms with Crippen LogP contribution in [0.5, 0.6) is 5.88 Å². The van der Waals surface area contributed by atoms with Crippen molar-refractivity contribution in [2.45, 2.75) is 45.8 Å². The predicted molar refractivity (Wildman–Crippen MR) is 131 cm³/mol. The number of hydrogen-bond donors (Lipinski definition) is 1. The molecule has 0 bridgehead atoms. The second-order valence-electron chi connectivity index (χ2n) is 8.95. The fourth-order valence-corrected chi connectivity index (χ4v) is 3.87. The van der Waals surface area contributed by atoms with Gasteiger partial charge >= 0.3 is 0 Å². The molecule has 0 saturated carbocycles. The smallest absolute Gasteiger partial charge is 0.259 e. The summed E-state index contributed by atoms with van der Waals surface area (Å²) < 4.78 is 19.8. The number of ether oxygens (including phenoxy) is 1. The molecule has 7 nitrogen and oxygen atoms in total. The van der Waals surface area contributed by atoms with E-state index < -0.39 is 18.0 Å². The summed E-state index contributed by atoms with van der Waals surface area (Å²) in [6.07, 6.45) is 2.73. The van der Waals surface area contributed by atoms with Crippen LogP contribution in [0.3, 0.4) is 0 Å². The van der Waals surface area contributed by atoms with E-state index in [1.165, 1.54) is 23.1 Å². The first-order valence-electron chi connectivity index (χ1n) is 11.8. The summed E-state index contributed by atoms with van der Waals surface area (Å²) in [7, 11) is 1.63. The molecule has 1 aliphatic rings. The van der Waals surface area contributed by atoms with E-state index in [2.05, 4.69) is 16.8 Å². The van der Waals surface area contributed by atoms with Gasteiger partial charge in [0.2, 0.25) is 5.88 Å². The summed E-state index contributed by atoms with van der Waals surface area (Å²) >= 11 is 0. The van der Waals surface area contributed by atoms with Crippen LogP contribution in [0.25, 0.3) is 0 Å². The second kappa shape index (κ2) is 11.8. The van der Waals surface area contributed by atoms with Crippen molar-refractivity contribution in [1.29, 1.82) is 0 Å². The molecule has 0 aliphatic carbocycles. The zero-order chi connectivity index (χ0) is 25.5. The van der Waals surface area contributed by atoms with Crippen LogP contribution in [-0.2, 0) is 0 Å². The van der Waals surface area contributed by atoms with Crippen LogP contribution in [0.15, 0.2) is 36.5 Å². The van der Waals surface area contributed by atoms with Crippen molar-refractivity contribution in [3.8, 4) is 17.7 Å². The summed E-state index contributed by atoms with van der Waals surface area (Å²) in [4.78, 5) is 33.8. The molecule has 1 aliphatic heterocycles. The Morgan fingerprint density at radius 3 is 2.86 bits per heavy atom. The summed E-state index contributed by atoms with van der Waals surface area (Å²) in [6.45, 7) is 6.06. The van der Waals surface area contributed by atoms with Crippen LogP contribution in [0.4, 0.5) is 4.39 Å². The molecule has 0 spiro atoms. The van der Waals surface area contributed by atoms with Gasteiger partial charge < -0.3 is 19.6 Å². The van der Waals surface area contributed by atoms with Crippen LogP contribution >= 0.6 is 0 Å². The Labute approximate surface area is 205 Å². The number of pyridine rings is 1. The van der Waals surface area contributed by atoms with Gasteiger partial charge in [-0.3, -0.25) is 9.59 Å². The number of carbonyl (C=O) groups is 2. The van der Waals surface area contributed by atoms with Crippen molar-refractivity contribution >= 4 is 11.8 Å². The van der Waals surface area contributed by atoms with E-state index in [-0.39, 0.29) is 47.9 Å². The molecular formula is C27H32FN3O4. The van der Waals surface area contributed by atoms with E-state index in [1.54, 1.807) is 37.2 Å². The molecule has 3 rings (SSSR count). The van der Waals surface area contributed by atoms with Gasteiger partial charge in [-0.2, -0.15) is 0 Å². The van der Waals surface area contributed by atoms with Gasteiger partial charge in [-0.15, -0.1) is 0 Å². The molecule has 0 unspecified atom stereocenters. The molecule has 35 heavy (non-hydrogen) atoms. The van der Waals surface area contributed by atoms with E-state index in [0.717, 1.165) is 12.8 Å². The number of aliphatic hydroxyl groups is 1. The number of nitrogens with zero attached hydrogens (tertiary/aromatic N) is 3. The summed E-state index contributed by atoms with van der Waals surface area (Å²) in [5.74, 6) is 4.95. The van der Waals surface area contributed by atoms with Gasteiger partial charge in [-0.25, -0.2) is 9.37 Å². The lowest BCUT2D eigenvalue weighted by molar-refractivity contribution is 0.0313. The Morgan fingerprint density at radius 2 is 2.17 bits per heavy atom. The van der Waals surface area contributed by atoms with E-state index in [9.17, 15) is 19.1 Å². The number of aliphatic hydroxyl groups excluding tert-OH is 1. The standard InChI is InChI=1S/C27H32FN3O4/c1-5-6-7-9-20-12-23-25(29-14-20)35-24(18(2)15-31(27(23)34)19(3)17-32)16-30(4)26(33)21-10-8-11-22(28)13-21/h8,10-14,18-19,24,32H,5-6,15-17H2,1-4H3/t18-,19+,24+/m0/s1. The maximum absolute atomic E-state index is 13.6. The van der Waals surface area contributed by atoms with Crippen molar-refractivity contribution in [3.63, 3.8) is 0 Å². The minimum absolute atomic E-state index is 0.161. The van der Waals surface area contributed by atoms with Crippen molar-refractivity contribution in [2.75, 3.05) is 26.7 Å². The number of aromatic nitrogens is 1. The fourth-order valence-electron chi connectivity index (χ4n) is 3.87. The topological polar surface area (TPSA) is 83.0 Å². The van der Waals surface area contributed by atoms with Crippen LogP contribution in [-0.4, -0.2) is 70.6 Å². The van der Waals surface area contributed by atoms with Crippen LogP contribution in [0, 0.1) is 23.6 Å². The molecule has 2 aromatic rings. The first-order chi connectivity index (χ1) is 16.7. The third-order valence-electron chi connectivity index (χ3n) is 6.00. The number of likely N-dealkylation sites (N-methyl/N-ethyl adjacent to an activating group) is 1. The van der Waals surface area contributed by atoms with Gasteiger partial charge in [0.05, 0.1) is 19.2 Å². The van der Waals surface area contributed by atoms with Crippen LogP contribution in [0.1, 0.15) is 59.9 Å². The molecule has 1 N–H and O–H groups in total. The molecule has 2 heterocycles. The molecule has 8 heteroatoms. The van der Waals surface area contributed by atoms with Gasteiger partial charge in [0, 0.05) is 43.3 Å². The lowest BCUT2D eigenvalue weighted by Crippen LogP contribution is -2.50. The Balaban J connectivity index is 1.93. The third-order valence-corrected chi connectivity index (χ3v) is 6.00. The molecule has 0 saturated heterocycles. The maximum atomic E-state index is 13.6. The van der Waals surface area contributed by atoms with Crippen molar-refractivity contribution in [1.82, 2.24) is 14.8 Å². The van der Waals surface area contributed by atoms with Crippen molar-refractivity contribution < 1.29 is 23.8 Å². The highest BCUT2D eigenvalue weighted by Crippen LogP contribution is 2.27. The highest BCUT2D eigenvalue weighted by molar-refractivity contribution is 5.97. The number of hydrogen-bond acceptors (Lipinski definition) is 5. The van der Waals surface area contributed by atoms with Gasteiger partial charge in [-0.05, 0) is 37.6 Å². The fraction of sp³-hybridized carbons (Fsp3) is 0.444. The lowest BCUT2D eigenvalue weighted by atomic mass is 9.99. The molecule has 3 atom stereocenters. The predicted octanol–water partition coefficient (Wildman–Crippen LogP) is 3.36. The van der Waals surface area contributed by atoms with Gasteiger partial charge in [0.25, 0.3) is 11.8 Å². The lowest BCUT2D eigenvalue weighted by Gasteiger charge is -2.37. The number of rotatable bonds is 6. The number of amides is 2. The minimum Gasteiger partial charge on any atom is -0.472 e. The SMILES string of the molecule is CCCC#Cc1cnc2c(c1)C(=O)N([C@H](C)CO)C[C@H](C)[C@@H](CN(C)C(=O)c1cccc(F)c1)O2. The Kier molecular flexibility index (Phi) is 8.83. The second-order valence-corrected chi connectivity index (χ2v) is 8.95. The van der Waals surface area contributed by atoms with Crippen LogP contribution in [0.2, 0.25) is 0 Å². The normalized spacial score (nSPS) is 18.3. The monoisotopic (exact) mass is 481 g/mol. The molecule has 186 valence electrons. The number of benzene rings is 1. The van der Waals surface area contributed by atoms with Crippen molar-refractivity contribution in [2.24, 2.45) is 5.92 Å². The van der Waals surface area contributed by atoms with E-state index in [1.807, 2.05) is 13.8 Å². The average Bonchev–Trinajstić information content (AvgIpc) is 2.85. The number of unbranched alkanes of at least 4 members (excludes halogenated alkanes) is 1. The third kappa shape index (κ3) is 6.37. The molecule has 2 amide bonds. The van der Waals surface area contributed by atoms with Crippen LogP contribution < -0.4 is 4.74 Å². The number of halogens is 1. The van der Waals surface area contributed by atoms with Crippen molar-refractivity contribution in [3.05, 3.63) is 59.0 Å². The molecule has 1 aromatic carbocycles. The Hall–Kier alpha value is -3.44. The highest BCUT2D eigenvalue weighted by Gasteiger charge is 2.34. The van der Waals surface area contributed by atoms with E-state index >= 15 is 0 Å². The number of carbonyl (C=O) groups excluding carboxylic acids is 2. The molecular weight excluding hydrogens is 449 g/mol. The number of fused-ring (bicyclic) bond motifs is 1. The average molecular weight is 482 g/mol. The van der Waals surface area contributed by atoms with Gasteiger partial charge in [-0.1, -0.05) is 31.8 Å². The zero-order valence-electron chi connectivity index (χ0n) is 20.6. The van der Waals surface area contributed by atoms with E-state index in [0.29, 0.717) is 12.1 Å².